The number of carbonyl (C=O) groups excluding carboxylic acids is 1. The third-order valence-corrected chi connectivity index (χ3v) is 2.55. The number of nitrogens with one attached hydrogen (secondary N) is 1. The molecular weight excluding hydrogens is 276 g/mol. The second-order valence-corrected chi connectivity index (χ2v) is 4.18. The number of nitrogens with zero attached hydrogens (tertiary/aromatic N) is 1. The largest absolute Gasteiger partial charge is 0.495 e. The quantitative estimate of drug-likeness (QED) is 0.666. The average molecular weight is 289 g/mol. The lowest BCUT2D eigenvalue weighted by molar-refractivity contribution is -0.165. The number of hydrogen-bond donors (Lipinski definition) is 1. The zero-order valence-corrected chi connectivity index (χ0v) is 11.8. The number of benzene rings is 1. The van der Waals surface area contributed by atoms with Gasteiger partial charge in [0.1, 0.15) is 5.75 Å². The summed E-state index contributed by atoms with van der Waals surface area (Å²) >= 11 is 11.0. The van der Waals surface area contributed by atoms with Gasteiger partial charge in [-0.3, -0.25) is 4.79 Å². The van der Waals surface area contributed by atoms with Crippen molar-refractivity contribution in [1.82, 2.24) is 5.06 Å². The predicted molar refractivity (Wildman–Crippen MR) is 73.8 cm³/mol. The molecule has 0 fully saturated rings. The van der Waals surface area contributed by atoms with Crippen LogP contribution < -0.4 is 10.1 Å². The summed E-state index contributed by atoms with van der Waals surface area (Å²) in [5, 5.41) is 4.78. The Morgan fingerprint density at radius 2 is 2.17 bits per heavy atom. The minimum absolute atomic E-state index is 0.214. The van der Waals surface area contributed by atoms with Gasteiger partial charge in [0.2, 0.25) is 5.11 Å². The van der Waals surface area contributed by atoms with Gasteiger partial charge in [-0.2, -0.15) is 5.06 Å². The molecule has 0 atom stereocenters. The van der Waals surface area contributed by atoms with Crippen molar-refractivity contribution in [2.24, 2.45) is 0 Å². The van der Waals surface area contributed by atoms with E-state index in [4.69, 9.17) is 33.4 Å². The zero-order valence-electron chi connectivity index (χ0n) is 10.2. The molecule has 0 aliphatic heterocycles. The number of carbonyl (C=O) groups is 1. The Kier molecular flexibility index (Phi) is 5.18. The van der Waals surface area contributed by atoms with Crippen LogP contribution in [0.4, 0.5) is 5.69 Å². The van der Waals surface area contributed by atoms with E-state index in [1.807, 2.05) is 0 Å². The van der Waals surface area contributed by atoms with Crippen LogP contribution in [0.2, 0.25) is 5.02 Å². The number of thiocarbonyl (C=S) groups is 1. The van der Waals surface area contributed by atoms with E-state index >= 15 is 0 Å². The van der Waals surface area contributed by atoms with Crippen LogP contribution in [0.25, 0.3) is 0 Å². The zero-order chi connectivity index (χ0) is 13.7. The van der Waals surface area contributed by atoms with Gasteiger partial charge < -0.3 is 14.9 Å². The highest BCUT2D eigenvalue weighted by Crippen LogP contribution is 2.27. The molecule has 7 heteroatoms. The number of halogens is 1. The fraction of sp³-hybridized carbons (Fsp3) is 0.273. The Morgan fingerprint density at radius 1 is 1.50 bits per heavy atom. The molecule has 0 spiro atoms. The van der Waals surface area contributed by atoms with Crippen LogP contribution >= 0.6 is 23.8 Å². The monoisotopic (exact) mass is 288 g/mol. The van der Waals surface area contributed by atoms with Crippen molar-refractivity contribution in [3.8, 4) is 5.75 Å². The molecule has 18 heavy (non-hydrogen) atoms. The van der Waals surface area contributed by atoms with Crippen LogP contribution in [0.1, 0.15) is 6.92 Å². The average Bonchev–Trinajstić information content (AvgIpc) is 2.28. The second-order valence-electron chi connectivity index (χ2n) is 3.36. The Balaban J connectivity index is 2.80. The number of ether oxygens (including phenoxy) is 1. The van der Waals surface area contributed by atoms with Gasteiger partial charge in [-0.05, 0) is 30.4 Å². The smallest absolute Gasteiger partial charge is 0.329 e. The molecule has 5 nitrogen and oxygen atoms in total. The molecule has 0 saturated carbocycles. The lowest BCUT2D eigenvalue weighted by Gasteiger charge is -2.19. The van der Waals surface area contributed by atoms with E-state index in [0.717, 1.165) is 5.06 Å². The molecule has 98 valence electrons. The molecule has 0 radical (unpaired) electrons. The summed E-state index contributed by atoms with van der Waals surface area (Å²) in [6.07, 6.45) is 0. The summed E-state index contributed by atoms with van der Waals surface area (Å²) in [5.41, 5.74) is 0.592. The number of methoxy groups -OCH3 is 1. The van der Waals surface area contributed by atoms with Crippen molar-refractivity contribution in [2.75, 3.05) is 19.5 Å². The third-order valence-electron chi connectivity index (χ3n) is 1.95. The first-order valence-electron chi connectivity index (χ1n) is 5.01. The molecule has 1 rings (SSSR count). The van der Waals surface area contributed by atoms with E-state index in [9.17, 15) is 4.79 Å². The first-order chi connectivity index (χ1) is 8.43. The first-order valence-corrected chi connectivity index (χ1v) is 5.79. The maximum atomic E-state index is 10.8. The van der Waals surface area contributed by atoms with Crippen LogP contribution in [0.15, 0.2) is 18.2 Å². The Morgan fingerprint density at radius 3 is 2.72 bits per heavy atom. The molecule has 0 amide bonds. The summed E-state index contributed by atoms with van der Waals surface area (Å²) in [7, 11) is 3.06. The fourth-order valence-corrected chi connectivity index (χ4v) is 1.53. The molecule has 0 aliphatic carbocycles. The topological polar surface area (TPSA) is 50.8 Å². The van der Waals surface area contributed by atoms with Crippen LogP contribution in [0.3, 0.4) is 0 Å². The van der Waals surface area contributed by atoms with E-state index in [1.54, 1.807) is 18.2 Å². The van der Waals surface area contributed by atoms with E-state index in [2.05, 4.69) is 5.32 Å². The molecule has 1 aromatic rings. The van der Waals surface area contributed by atoms with Gasteiger partial charge >= 0.3 is 5.97 Å². The Bertz CT molecular complexity index is 468. The molecule has 0 aromatic heterocycles. The van der Waals surface area contributed by atoms with Crippen molar-refractivity contribution in [3.05, 3.63) is 23.2 Å². The van der Waals surface area contributed by atoms with Crippen LogP contribution in [-0.4, -0.2) is 30.3 Å². The third kappa shape index (κ3) is 4.05. The van der Waals surface area contributed by atoms with E-state index < -0.39 is 5.97 Å². The maximum Gasteiger partial charge on any atom is 0.329 e. The van der Waals surface area contributed by atoms with Crippen LogP contribution in [0, 0.1) is 0 Å². The minimum Gasteiger partial charge on any atom is -0.495 e. The van der Waals surface area contributed by atoms with Crippen LogP contribution in [0.5, 0.6) is 5.75 Å². The normalized spacial score (nSPS) is 9.56. The maximum absolute atomic E-state index is 10.8. The van der Waals surface area contributed by atoms with E-state index in [0.29, 0.717) is 16.5 Å². The lowest BCUT2D eigenvalue weighted by atomic mass is 10.3. The molecular formula is C11H13ClN2O3S. The predicted octanol–water partition coefficient (Wildman–Crippen LogP) is 2.46. The highest BCUT2D eigenvalue weighted by molar-refractivity contribution is 7.80. The minimum atomic E-state index is -0.459. The number of hydroxylamine groups is 2. The number of hydrogen-bond acceptors (Lipinski definition) is 4. The highest BCUT2D eigenvalue weighted by Gasteiger charge is 2.11. The van der Waals surface area contributed by atoms with Crippen molar-refractivity contribution < 1.29 is 14.4 Å². The van der Waals surface area contributed by atoms with Gasteiger partial charge in [0.05, 0.1) is 12.8 Å². The number of anilines is 1. The molecule has 1 aromatic carbocycles. The Hall–Kier alpha value is -1.53. The van der Waals surface area contributed by atoms with Gasteiger partial charge in [-0.25, -0.2) is 0 Å². The summed E-state index contributed by atoms with van der Waals surface area (Å²) in [4.78, 5) is 15.6. The van der Waals surface area contributed by atoms with Gasteiger partial charge in [0.25, 0.3) is 0 Å². The molecule has 0 unspecified atom stereocenters. The molecule has 0 aliphatic rings. The van der Waals surface area contributed by atoms with Gasteiger partial charge in [0.15, 0.2) is 0 Å². The summed E-state index contributed by atoms with van der Waals surface area (Å²) in [5.74, 6) is 0.123. The van der Waals surface area contributed by atoms with Gasteiger partial charge in [-0.1, -0.05) is 11.6 Å². The Labute approximate surface area is 116 Å². The standard InChI is InChI=1S/C11H13ClN2O3S/c1-7(15)17-14(2)11(18)13-9-6-8(12)4-5-10(9)16-3/h4-6H,1-3H3,(H,13,18). The van der Waals surface area contributed by atoms with Gasteiger partial charge in [0, 0.05) is 19.0 Å². The molecule has 0 heterocycles. The summed E-state index contributed by atoms with van der Waals surface area (Å²) < 4.78 is 5.15. The SMILES string of the molecule is COc1ccc(Cl)cc1NC(=S)N(C)OC(C)=O. The molecule has 0 bridgehead atoms. The summed E-state index contributed by atoms with van der Waals surface area (Å²) in [6, 6.07) is 5.07. The van der Waals surface area contributed by atoms with Crippen molar-refractivity contribution in [1.29, 1.82) is 0 Å². The molecule has 0 saturated heterocycles. The summed E-state index contributed by atoms with van der Waals surface area (Å²) in [6.45, 7) is 1.29. The molecule has 1 N–H and O–H groups in total. The van der Waals surface area contributed by atoms with Crippen molar-refractivity contribution in [3.63, 3.8) is 0 Å². The number of rotatable bonds is 2. The van der Waals surface area contributed by atoms with E-state index in [-0.39, 0.29) is 5.11 Å². The lowest BCUT2D eigenvalue weighted by Crippen LogP contribution is -2.32. The highest BCUT2D eigenvalue weighted by atomic mass is 35.5. The second kappa shape index (κ2) is 6.42. The van der Waals surface area contributed by atoms with Crippen molar-refractivity contribution in [2.45, 2.75) is 6.92 Å². The van der Waals surface area contributed by atoms with Crippen molar-refractivity contribution >= 4 is 40.6 Å². The fourth-order valence-electron chi connectivity index (χ4n) is 1.21. The van der Waals surface area contributed by atoms with E-state index in [1.165, 1.54) is 21.1 Å². The van der Waals surface area contributed by atoms with Crippen LogP contribution in [-0.2, 0) is 9.63 Å². The first kappa shape index (κ1) is 14.5. The van der Waals surface area contributed by atoms with Gasteiger partial charge in [-0.15, -0.1) is 0 Å².